The molecule has 2 N–H and O–H groups in total. The summed E-state index contributed by atoms with van der Waals surface area (Å²) >= 11 is 0. The fraction of sp³-hybridized carbons (Fsp3) is 1.00. The molecular weight excluding hydrogens is 206 g/mol. The van der Waals surface area contributed by atoms with Gasteiger partial charge in [-0.15, -0.1) is 0 Å². The third-order valence-corrected chi connectivity index (χ3v) is 7.05. The van der Waals surface area contributed by atoms with Gasteiger partial charge >= 0.3 is 0 Å². The van der Waals surface area contributed by atoms with Crippen LogP contribution in [0.3, 0.4) is 0 Å². The molecule has 7 atom stereocenters. The SMILES string of the molecule is CC1CC2(C)CC3C1CC1CCC(N)(C2)C3C1. The highest BCUT2D eigenvalue weighted by atomic mass is 14.8. The average Bonchev–Trinajstić information content (AvgIpc) is 2.24. The normalized spacial score (nSPS) is 64.8. The molecule has 0 amide bonds. The Morgan fingerprint density at radius 1 is 1.12 bits per heavy atom. The molecule has 4 fully saturated rings. The topological polar surface area (TPSA) is 26.0 Å². The van der Waals surface area contributed by atoms with Gasteiger partial charge in [0.25, 0.3) is 0 Å². The number of nitrogens with two attached hydrogens (primary N) is 1. The summed E-state index contributed by atoms with van der Waals surface area (Å²) in [5, 5.41) is 0. The van der Waals surface area contributed by atoms with Crippen molar-refractivity contribution in [3.8, 4) is 0 Å². The molecule has 4 aliphatic carbocycles. The zero-order valence-corrected chi connectivity index (χ0v) is 11.4. The fourth-order valence-electron chi connectivity index (χ4n) is 6.73. The summed E-state index contributed by atoms with van der Waals surface area (Å²) < 4.78 is 0. The first kappa shape index (κ1) is 10.8. The number of fused-ring (bicyclic) bond motifs is 2. The van der Waals surface area contributed by atoms with Crippen molar-refractivity contribution in [3.63, 3.8) is 0 Å². The smallest absolute Gasteiger partial charge is 0.0191 e. The van der Waals surface area contributed by atoms with E-state index in [1.807, 2.05) is 0 Å². The number of rotatable bonds is 0. The van der Waals surface area contributed by atoms with E-state index in [1.54, 1.807) is 0 Å². The second-order valence-electron chi connectivity index (χ2n) is 8.42. The Labute approximate surface area is 106 Å². The highest BCUT2D eigenvalue weighted by Crippen LogP contribution is 2.65. The Bertz CT molecular complexity index is 349. The van der Waals surface area contributed by atoms with Gasteiger partial charge in [0, 0.05) is 5.54 Å². The van der Waals surface area contributed by atoms with Crippen molar-refractivity contribution in [1.82, 2.24) is 0 Å². The van der Waals surface area contributed by atoms with Gasteiger partial charge in [-0.2, -0.15) is 0 Å². The standard InChI is InChI=1S/C16H27N/c1-10-7-15(2)8-13-12(10)5-11-3-4-16(17,9-15)14(13)6-11/h10-14H,3-9,17H2,1-2H3. The van der Waals surface area contributed by atoms with Gasteiger partial charge in [0.15, 0.2) is 0 Å². The van der Waals surface area contributed by atoms with Crippen LogP contribution in [0.5, 0.6) is 0 Å². The zero-order valence-electron chi connectivity index (χ0n) is 11.4. The van der Waals surface area contributed by atoms with E-state index >= 15 is 0 Å². The van der Waals surface area contributed by atoms with Crippen molar-refractivity contribution >= 4 is 0 Å². The van der Waals surface area contributed by atoms with Crippen LogP contribution in [-0.2, 0) is 0 Å². The lowest BCUT2D eigenvalue weighted by atomic mass is 9.41. The van der Waals surface area contributed by atoms with Crippen LogP contribution in [-0.4, -0.2) is 5.54 Å². The predicted octanol–water partition coefficient (Wildman–Crippen LogP) is 3.58. The second kappa shape index (κ2) is 3.10. The molecule has 0 aromatic carbocycles. The first-order chi connectivity index (χ1) is 7.99. The quantitative estimate of drug-likeness (QED) is 0.680. The predicted molar refractivity (Wildman–Crippen MR) is 70.5 cm³/mol. The van der Waals surface area contributed by atoms with Crippen molar-refractivity contribution in [3.05, 3.63) is 0 Å². The minimum atomic E-state index is 0.229. The van der Waals surface area contributed by atoms with Crippen molar-refractivity contribution in [2.24, 2.45) is 40.7 Å². The summed E-state index contributed by atoms with van der Waals surface area (Å²) in [5.41, 5.74) is 7.68. The Hall–Kier alpha value is -0.0400. The van der Waals surface area contributed by atoms with E-state index in [0.717, 1.165) is 29.6 Å². The van der Waals surface area contributed by atoms with E-state index in [4.69, 9.17) is 5.73 Å². The minimum Gasteiger partial charge on any atom is -0.325 e. The molecule has 0 aromatic rings. The summed E-state index contributed by atoms with van der Waals surface area (Å²) in [7, 11) is 0. The highest BCUT2D eigenvalue weighted by molar-refractivity contribution is 5.13. The van der Waals surface area contributed by atoms with Gasteiger partial charge in [-0.1, -0.05) is 13.8 Å². The lowest BCUT2D eigenvalue weighted by Crippen LogP contribution is -2.65. The van der Waals surface area contributed by atoms with Crippen LogP contribution < -0.4 is 5.73 Å². The minimum absolute atomic E-state index is 0.229. The van der Waals surface area contributed by atoms with E-state index in [2.05, 4.69) is 13.8 Å². The molecule has 4 bridgehead atoms. The fourth-order valence-corrected chi connectivity index (χ4v) is 6.73. The van der Waals surface area contributed by atoms with Gasteiger partial charge in [-0.3, -0.25) is 0 Å². The third-order valence-electron chi connectivity index (χ3n) is 7.05. The Morgan fingerprint density at radius 3 is 2.76 bits per heavy atom. The molecule has 0 radical (unpaired) electrons. The third kappa shape index (κ3) is 1.35. The van der Waals surface area contributed by atoms with E-state index < -0.39 is 0 Å². The van der Waals surface area contributed by atoms with Crippen LogP contribution in [0, 0.1) is 35.0 Å². The Kier molecular flexibility index (Phi) is 1.98. The van der Waals surface area contributed by atoms with Crippen LogP contribution in [0.2, 0.25) is 0 Å². The molecule has 0 aliphatic heterocycles. The van der Waals surface area contributed by atoms with E-state index in [0.29, 0.717) is 5.41 Å². The monoisotopic (exact) mass is 233 g/mol. The second-order valence-corrected chi connectivity index (χ2v) is 8.42. The molecule has 0 heterocycles. The Morgan fingerprint density at radius 2 is 1.94 bits per heavy atom. The zero-order chi connectivity index (χ0) is 11.8. The first-order valence-electron chi connectivity index (χ1n) is 7.78. The van der Waals surface area contributed by atoms with Gasteiger partial charge in [0.05, 0.1) is 0 Å². The summed E-state index contributed by atoms with van der Waals surface area (Å²) in [6.07, 6.45) is 10.0. The van der Waals surface area contributed by atoms with E-state index in [9.17, 15) is 0 Å². The molecule has 4 saturated carbocycles. The highest BCUT2D eigenvalue weighted by Gasteiger charge is 2.60. The molecule has 0 spiro atoms. The molecule has 4 aliphatic rings. The van der Waals surface area contributed by atoms with E-state index in [1.165, 1.54) is 44.9 Å². The van der Waals surface area contributed by atoms with Crippen LogP contribution in [0.1, 0.15) is 58.8 Å². The van der Waals surface area contributed by atoms with Crippen molar-refractivity contribution in [2.75, 3.05) is 0 Å². The first-order valence-corrected chi connectivity index (χ1v) is 7.78. The molecule has 1 nitrogen and oxygen atoms in total. The van der Waals surface area contributed by atoms with Crippen LogP contribution in [0.4, 0.5) is 0 Å². The molecule has 96 valence electrons. The molecule has 0 saturated heterocycles. The number of hydrogen-bond donors (Lipinski definition) is 1. The summed E-state index contributed by atoms with van der Waals surface area (Å²) in [6, 6.07) is 0. The summed E-state index contributed by atoms with van der Waals surface area (Å²) in [6.45, 7) is 5.06. The van der Waals surface area contributed by atoms with Crippen LogP contribution in [0.25, 0.3) is 0 Å². The van der Waals surface area contributed by atoms with Gasteiger partial charge < -0.3 is 5.73 Å². The summed E-state index contributed by atoms with van der Waals surface area (Å²) in [5.74, 6) is 4.89. The summed E-state index contributed by atoms with van der Waals surface area (Å²) in [4.78, 5) is 0. The van der Waals surface area contributed by atoms with Crippen LogP contribution >= 0.6 is 0 Å². The molecule has 4 rings (SSSR count). The maximum Gasteiger partial charge on any atom is 0.0191 e. The van der Waals surface area contributed by atoms with Gasteiger partial charge in [-0.05, 0) is 80.0 Å². The van der Waals surface area contributed by atoms with Crippen LogP contribution in [0.15, 0.2) is 0 Å². The largest absolute Gasteiger partial charge is 0.325 e. The van der Waals surface area contributed by atoms with Crippen molar-refractivity contribution in [1.29, 1.82) is 0 Å². The van der Waals surface area contributed by atoms with Crippen molar-refractivity contribution < 1.29 is 0 Å². The lowest BCUT2D eigenvalue weighted by Gasteiger charge is -2.65. The molecule has 7 unspecified atom stereocenters. The van der Waals surface area contributed by atoms with E-state index in [-0.39, 0.29) is 5.54 Å². The average molecular weight is 233 g/mol. The molecule has 0 aromatic heterocycles. The maximum absolute atomic E-state index is 6.87. The van der Waals surface area contributed by atoms with Crippen molar-refractivity contribution in [2.45, 2.75) is 64.3 Å². The van der Waals surface area contributed by atoms with Gasteiger partial charge in [0.1, 0.15) is 0 Å². The number of hydrogen-bond acceptors (Lipinski definition) is 1. The Balaban J connectivity index is 1.79. The molecular formula is C16H27N. The van der Waals surface area contributed by atoms with Gasteiger partial charge in [-0.25, -0.2) is 0 Å². The maximum atomic E-state index is 6.87. The lowest BCUT2D eigenvalue weighted by molar-refractivity contribution is -0.132. The molecule has 1 heteroatoms. The van der Waals surface area contributed by atoms with Gasteiger partial charge in [0.2, 0.25) is 0 Å². The molecule has 17 heavy (non-hydrogen) atoms.